The summed E-state index contributed by atoms with van der Waals surface area (Å²) in [6.45, 7) is 0.561. The molecule has 0 amide bonds. The molecular formula is C11H25ClN2O3S. The van der Waals surface area contributed by atoms with E-state index in [4.69, 9.17) is 10.5 Å². The van der Waals surface area contributed by atoms with Crippen molar-refractivity contribution >= 4 is 22.4 Å². The Labute approximate surface area is 116 Å². The molecule has 0 aromatic carbocycles. The average Bonchev–Trinajstić information content (AvgIpc) is 2.50. The largest absolute Gasteiger partial charge is 0.384 e. The minimum absolute atomic E-state index is 0. The minimum atomic E-state index is -3.25. The van der Waals surface area contributed by atoms with Crippen molar-refractivity contribution in [3.05, 3.63) is 0 Å². The minimum Gasteiger partial charge on any atom is -0.384 e. The molecule has 7 heteroatoms. The van der Waals surface area contributed by atoms with Gasteiger partial charge in [0.1, 0.15) is 0 Å². The molecule has 0 atom stereocenters. The van der Waals surface area contributed by atoms with E-state index in [1.54, 1.807) is 0 Å². The molecule has 0 unspecified atom stereocenters. The molecule has 110 valence electrons. The first-order valence-electron chi connectivity index (χ1n) is 6.23. The van der Waals surface area contributed by atoms with Crippen LogP contribution in [0.1, 0.15) is 38.5 Å². The number of nitrogens with one attached hydrogen (secondary N) is 1. The smallest absolute Gasteiger partial charge is 0.213 e. The van der Waals surface area contributed by atoms with Gasteiger partial charge in [0.2, 0.25) is 10.0 Å². The van der Waals surface area contributed by atoms with E-state index in [0.717, 1.165) is 25.7 Å². The summed E-state index contributed by atoms with van der Waals surface area (Å²) in [7, 11) is -1.76. The second-order valence-electron chi connectivity index (χ2n) is 4.91. The van der Waals surface area contributed by atoms with Crippen molar-refractivity contribution < 1.29 is 13.2 Å². The molecule has 0 spiro atoms. The van der Waals surface area contributed by atoms with Crippen LogP contribution in [0, 0.1) is 0 Å². The van der Waals surface area contributed by atoms with Crippen molar-refractivity contribution in [2.75, 3.05) is 26.0 Å². The van der Waals surface area contributed by atoms with E-state index in [1.807, 2.05) is 0 Å². The van der Waals surface area contributed by atoms with Crippen LogP contribution in [0.5, 0.6) is 0 Å². The normalized spacial score (nSPS) is 19.9. The molecule has 3 N–H and O–H groups in total. The summed E-state index contributed by atoms with van der Waals surface area (Å²) in [5.74, 6) is -0.000417. The average molecular weight is 301 g/mol. The van der Waals surface area contributed by atoms with Crippen LogP contribution in [0.25, 0.3) is 0 Å². The number of halogens is 1. The van der Waals surface area contributed by atoms with Crippen molar-refractivity contribution in [3.63, 3.8) is 0 Å². The van der Waals surface area contributed by atoms with Crippen molar-refractivity contribution in [3.8, 4) is 0 Å². The molecule has 5 nitrogen and oxygen atoms in total. The molecule has 0 aromatic heterocycles. The van der Waals surface area contributed by atoms with Crippen molar-refractivity contribution in [1.82, 2.24) is 4.72 Å². The number of rotatable bonds is 6. The van der Waals surface area contributed by atoms with Gasteiger partial charge in [0.15, 0.2) is 0 Å². The van der Waals surface area contributed by atoms with Gasteiger partial charge < -0.3 is 10.5 Å². The van der Waals surface area contributed by atoms with Gasteiger partial charge in [-0.25, -0.2) is 13.1 Å². The lowest BCUT2D eigenvalue weighted by Crippen LogP contribution is -2.50. The van der Waals surface area contributed by atoms with Crippen LogP contribution in [0.4, 0.5) is 0 Å². The summed E-state index contributed by atoms with van der Waals surface area (Å²) >= 11 is 0. The van der Waals surface area contributed by atoms with Crippen molar-refractivity contribution in [2.24, 2.45) is 5.73 Å². The summed E-state index contributed by atoms with van der Waals surface area (Å²) in [4.78, 5) is 0. The Morgan fingerprint density at radius 1 is 1.22 bits per heavy atom. The molecular weight excluding hydrogens is 276 g/mol. The molecule has 0 radical (unpaired) electrons. The highest BCUT2D eigenvalue weighted by atomic mass is 35.5. The maximum absolute atomic E-state index is 11.6. The van der Waals surface area contributed by atoms with E-state index in [9.17, 15) is 8.42 Å². The first kappa shape index (κ1) is 18.1. The van der Waals surface area contributed by atoms with Gasteiger partial charge in [-0.1, -0.05) is 25.7 Å². The maximum Gasteiger partial charge on any atom is 0.213 e. The first-order chi connectivity index (χ1) is 7.97. The Morgan fingerprint density at radius 3 is 2.28 bits per heavy atom. The van der Waals surface area contributed by atoms with E-state index >= 15 is 0 Å². The molecule has 1 fully saturated rings. The van der Waals surface area contributed by atoms with Gasteiger partial charge in [0.25, 0.3) is 0 Å². The number of ether oxygens (including phenoxy) is 1. The zero-order valence-corrected chi connectivity index (χ0v) is 12.6. The summed E-state index contributed by atoms with van der Waals surface area (Å²) < 4.78 is 30.6. The van der Waals surface area contributed by atoms with Crippen LogP contribution in [0.3, 0.4) is 0 Å². The van der Waals surface area contributed by atoms with Gasteiger partial charge in [-0.05, 0) is 12.8 Å². The standard InChI is InChI=1S/C11H24N2O3S.ClH/c1-16-8-9-17(14,15)13-10-11(12)6-4-2-3-5-7-11;/h13H,2-10,12H2,1H3;1H. The molecule has 0 saturated heterocycles. The molecule has 18 heavy (non-hydrogen) atoms. The lowest BCUT2D eigenvalue weighted by atomic mass is 9.92. The number of nitrogens with two attached hydrogens (primary N) is 1. The zero-order chi connectivity index (χ0) is 12.8. The van der Waals surface area contributed by atoms with Gasteiger partial charge >= 0.3 is 0 Å². The van der Waals surface area contributed by atoms with Crippen LogP contribution in [0.2, 0.25) is 0 Å². The highest BCUT2D eigenvalue weighted by molar-refractivity contribution is 7.89. The molecule has 0 aliphatic heterocycles. The van der Waals surface area contributed by atoms with E-state index < -0.39 is 10.0 Å². The SMILES string of the molecule is COCCS(=O)(=O)NCC1(N)CCCCCC1.Cl. The number of hydrogen-bond acceptors (Lipinski definition) is 4. The Morgan fingerprint density at radius 2 is 1.78 bits per heavy atom. The van der Waals surface area contributed by atoms with Crippen LogP contribution in [0.15, 0.2) is 0 Å². The Kier molecular flexibility index (Phi) is 8.38. The summed E-state index contributed by atoms with van der Waals surface area (Å²) in [6.07, 6.45) is 6.40. The maximum atomic E-state index is 11.6. The van der Waals surface area contributed by atoms with Crippen LogP contribution >= 0.6 is 12.4 Å². The van der Waals surface area contributed by atoms with Gasteiger partial charge in [0, 0.05) is 19.2 Å². The van der Waals surface area contributed by atoms with Gasteiger partial charge in [-0.2, -0.15) is 0 Å². The lowest BCUT2D eigenvalue weighted by Gasteiger charge is -2.28. The van der Waals surface area contributed by atoms with Crippen LogP contribution < -0.4 is 10.5 Å². The quantitative estimate of drug-likeness (QED) is 0.718. The van der Waals surface area contributed by atoms with Crippen LogP contribution in [-0.2, 0) is 14.8 Å². The second kappa shape index (κ2) is 8.32. The Bertz CT molecular complexity index is 314. The molecule has 0 bridgehead atoms. The van der Waals surface area contributed by atoms with E-state index in [2.05, 4.69) is 4.72 Å². The number of methoxy groups -OCH3 is 1. The number of sulfonamides is 1. The first-order valence-corrected chi connectivity index (χ1v) is 7.88. The van der Waals surface area contributed by atoms with Gasteiger partial charge in [-0.15, -0.1) is 12.4 Å². The van der Waals surface area contributed by atoms with Crippen molar-refractivity contribution in [2.45, 2.75) is 44.1 Å². The van der Waals surface area contributed by atoms with Gasteiger partial charge in [0.05, 0.1) is 12.4 Å². The molecule has 1 rings (SSSR count). The van der Waals surface area contributed by atoms with E-state index in [1.165, 1.54) is 20.0 Å². The van der Waals surface area contributed by atoms with Gasteiger partial charge in [-0.3, -0.25) is 0 Å². The molecule has 1 saturated carbocycles. The molecule has 1 aliphatic rings. The summed E-state index contributed by atoms with van der Waals surface area (Å²) in [5.41, 5.74) is 5.87. The van der Waals surface area contributed by atoms with Crippen LogP contribution in [-0.4, -0.2) is 40.0 Å². The molecule has 0 aromatic rings. The third-order valence-corrected chi connectivity index (χ3v) is 4.59. The fraction of sp³-hybridized carbons (Fsp3) is 1.00. The third-order valence-electron chi connectivity index (χ3n) is 3.30. The second-order valence-corrected chi connectivity index (χ2v) is 6.84. The predicted molar refractivity (Wildman–Crippen MR) is 75.5 cm³/mol. The topological polar surface area (TPSA) is 81.4 Å². The third kappa shape index (κ3) is 6.89. The van der Waals surface area contributed by atoms with Crippen molar-refractivity contribution in [1.29, 1.82) is 0 Å². The fourth-order valence-corrected chi connectivity index (χ4v) is 3.17. The molecule has 0 heterocycles. The lowest BCUT2D eigenvalue weighted by molar-refractivity contribution is 0.216. The highest BCUT2D eigenvalue weighted by Gasteiger charge is 2.27. The predicted octanol–water partition coefficient (Wildman–Crippen LogP) is 1.03. The summed E-state index contributed by atoms with van der Waals surface area (Å²) in [5, 5.41) is 0. The number of hydrogen-bond donors (Lipinski definition) is 2. The highest BCUT2D eigenvalue weighted by Crippen LogP contribution is 2.24. The molecule has 1 aliphatic carbocycles. The zero-order valence-electron chi connectivity index (χ0n) is 11.0. The fourth-order valence-electron chi connectivity index (χ4n) is 2.13. The summed E-state index contributed by atoms with van der Waals surface area (Å²) in [6, 6.07) is 0. The Hall–Kier alpha value is 0.120. The van der Waals surface area contributed by atoms with E-state index in [-0.39, 0.29) is 30.3 Å². The Balaban J connectivity index is 0.00000289. The van der Waals surface area contributed by atoms with E-state index in [0.29, 0.717) is 6.54 Å². The monoisotopic (exact) mass is 300 g/mol.